The first-order valence-electron chi connectivity index (χ1n) is 9.42. The highest BCUT2D eigenvalue weighted by molar-refractivity contribution is 7.98. The van der Waals surface area contributed by atoms with E-state index in [1.807, 2.05) is 49.8 Å². The van der Waals surface area contributed by atoms with Gasteiger partial charge < -0.3 is 9.88 Å². The molecule has 0 fully saturated rings. The topological polar surface area (TPSA) is 68.9 Å². The van der Waals surface area contributed by atoms with Crippen molar-refractivity contribution in [3.05, 3.63) is 46.4 Å². The molecule has 154 valence electrons. The maximum atomic E-state index is 13.3. The molecule has 0 saturated carbocycles. The van der Waals surface area contributed by atoms with Crippen molar-refractivity contribution in [2.45, 2.75) is 43.9 Å². The van der Waals surface area contributed by atoms with Gasteiger partial charge in [0.1, 0.15) is 12.1 Å². The average Bonchev–Trinajstić information content (AvgIpc) is 2.99. The van der Waals surface area contributed by atoms with E-state index in [9.17, 15) is 9.59 Å². The number of hydrogen-bond acceptors (Lipinski definition) is 5. The molecule has 0 bridgehead atoms. The van der Waals surface area contributed by atoms with Crippen LogP contribution in [-0.2, 0) is 17.9 Å². The number of benzene rings is 1. The van der Waals surface area contributed by atoms with Crippen molar-refractivity contribution in [2.24, 2.45) is 5.92 Å². The molecule has 0 saturated heterocycles. The summed E-state index contributed by atoms with van der Waals surface area (Å²) in [5.74, 6) is 0.141. The molecular formula is C21H26N4O2S2. The molecule has 0 spiro atoms. The van der Waals surface area contributed by atoms with E-state index in [0.717, 1.165) is 16.3 Å². The van der Waals surface area contributed by atoms with Gasteiger partial charge in [-0.05, 0) is 49.6 Å². The number of amides is 1. The minimum absolute atomic E-state index is 0.0655. The predicted octanol–water partition coefficient (Wildman–Crippen LogP) is 4.24. The number of nitrogens with zero attached hydrogens (tertiary/aromatic N) is 3. The first-order chi connectivity index (χ1) is 13.8. The van der Waals surface area contributed by atoms with Crippen molar-refractivity contribution in [2.75, 3.05) is 17.8 Å². The van der Waals surface area contributed by atoms with Crippen LogP contribution in [0.4, 0.5) is 5.69 Å². The summed E-state index contributed by atoms with van der Waals surface area (Å²) in [7, 11) is 0. The van der Waals surface area contributed by atoms with Gasteiger partial charge in [-0.25, -0.2) is 4.98 Å². The zero-order valence-electron chi connectivity index (χ0n) is 17.4. The number of hydrogen-bond donors (Lipinski definition) is 1. The van der Waals surface area contributed by atoms with Gasteiger partial charge in [-0.2, -0.15) is 0 Å². The van der Waals surface area contributed by atoms with E-state index in [1.165, 1.54) is 11.8 Å². The summed E-state index contributed by atoms with van der Waals surface area (Å²) in [5.41, 5.74) is 2.60. The van der Waals surface area contributed by atoms with Crippen LogP contribution in [0.15, 0.2) is 45.2 Å². The zero-order chi connectivity index (χ0) is 21.1. The third-order valence-electron chi connectivity index (χ3n) is 4.56. The summed E-state index contributed by atoms with van der Waals surface area (Å²) in [4.78, 5) is 31.7. The van der Waals surface area contributed by atoms with E-state index >= 15 is 0 Å². The molecule has 0 unspecified atom stereocenters. The number of rotatable bonds is 7. The summed E-state index contributed by atoms with van der Waals surface area (Å²) in [6.45, 7) is 6.70. The highest BCUT2D eigenvalue weighted by Gasteiger charge is 2.18. The maximum Gasteiger partial charge on any atom is 0.278 e. The number of carbonyl (C=O) groups excluding carboxylic acids is 1. The van der Waals surface area contributed by atoms with Gasteiger partial charge in [0.05, 0.1) is 5.52 Å². The summed E-state index contributed by atoms with van der Waals surface area (Å²) >= 11 is 3.08. The summed E-state index contributed by atoms with van der Waals surface area (Å²) in [6.07, 6.45) is 3.92. The van der Waals surface area contributed by atoms with Crippen LogP contribution < -0.4 is 10.9 Å². The molecular weight excluding hydrogens is 404 g/mol. The molecule has 3 aromatic rings. The standard InChI is InChI=1S/C21H26N4O2S2/c1-13(2)11-25-20(27)19-17(23-21(25)29-5)9-14(3)24(19)12-18(26)22-15-7-6-8-16(10-15)28-4/h6-10,13H,11-12H2,1-5H3,(H,22,26). The van der Waals surface area contributed by atoms with Gasteiger partial charge in [0.15, 0.2) is 5.16 Å². The minimum atomic E-state index is -0.174. The fourth-order valence-electron chi connectivity index (χ4n) is 3.28. The van der Waals surface area contributed by atoms with Gasteiger partial charge in [-0.15, -0.1) is 11.8 Å². The van der Waals surface area contributed by atoms with Crippen LogP contribution in [0.2, 0.25) is 0 Å². The number of fused-ring (bicyclic) bond motifs is 1. The van der Waals surface area contributed by atoms with Crippen LogP contribution >= 0.6 is 23.5 Å². The molecule has 0 aliphatic heterocycles. The van der Waals surface area contributed by atoms with Gasteiger partial charge in [0.25, 0.3) is 5.56 Å². The normalized spacial score (nSPS) is 11.4. The predicted molar refractivity (Wildman–Crippen MR) is 122 cm³/mol. The van der Waals surface area contributed by atoms with Crippen molar-refractivity contribution in [1.82, 2.24) is 14.1 Å². The highest BCUT2D eigenvalue weighted by atomic mass is 32.2. The molecule has 1 amide bonds. The number of anilines is 1. The van der Waals surface area contributed by atoms with Crippen LogP contribution in [0.3, 0.4) is 0 Å². The van der Waals surface area contributed by atoms with Gasteiger partial charge >= 0.3 is 0 Å². The summed E-state index contributed by atoms with van der Waals surface area (Å²) in [6, 6.07) is 9.58. The van der Waals surface area contributed by atoms with Crippen molar-refractivity contribution in [3.63, 3.8) is 0 Å². The first-order valence-corrected chi connectivity index (χ1v) is 11.9. The first kappa shape index (κ1) is 21.5. The minimum Gasteiger partial charge on any atom is -0.330 e. The second kappa shape index (κ2) is 9.09. The van der Waals surface area contributed by atoms with Crippen LogP contribution in [0.25, 0.3) is 11.0 Å². The SMILES string of the molecule is CSc1cccc(NC(=O)Cn2c(C)cc3nc(SC)n(CC(C)C)c(=O)c32)c1. The van der Waals surface area contributed by atoms with Crippen LogP contribution in [0.5, 0.6) is 0 Å². The Balaban J connectivity index is 1.97. The Morgan fingerprint density at radius 1 is 1.17 bits per heavy atom. The Bertz CT molecular complexity index is 1100. The molecule has 0 atom stereocenters. The van der Waals surface area contributed by atoms with Crippen molar-refractivity contribution in [3.8, 4) is 0 Å². The Kier molecular flexibility index (Phi) is 6.74. The molecule has 0 aliphatic carbocycles. The highest BCUT2D eigenvalue weighted by Crippen LogP contribution is 2.21. The quantitative estimate of drug-likeness (QED) is 0.448. The third-order valence-corrected chi connectivity index (χ3v) is 5.97. The molecule has 29 heavy (non-hydrogen) atoms. The Hall–Kier alpha value is -2.19. The molecule has 1 N–H and O–H groups in total. The van der Waals surface area contributed by atoms with Crippen LogP contribution in [0.1, 0.15) is 19.5 Å². The molecule has 2 heterocycles. The lowest BCUT2D eigenvalue weighted by Gasteiger charge is -2.14. The molecule has 0 radical (unpaired) electrons. The monoisotopic (exact) mass is 430 g/mol. The number of carbonyl (C=O) groups is 1. The zero-order valence-corrected chi connectivity index (χ0v) is 19.0. The molecule has 1 aromatic carbocycles. The van der Waals surface area contributed by atoms with E-state index < -0.39 is 0 Å². The van der Waals surface area contributed by atoms with Gasteiger partial charge in [0, 0.05) is 22.8 Å². The molecule has 8 heteroatoms. The molecule has 3 rings (SSSR count). The number of aromatic nitrogens is 3. The van der Waals surface area contributed by atoms with Gasteiger partial charge in [-0.1, -0.05) is 31.7 Å². The van der Waals surface area contributed by atoms with Crippen LogP contribution in [-0.4, -0.2) is 32.5 Å². The smallest absolute Gasteiger partial charge is 0.278 e. The van der Waals surface area contributed by atoms with Crippen molar-refractivity contribution >= 4 is 46.2 Å². The Labute approximate surface area is 179 Å². The van der Waals surface area contributed by atoms with Gasteiger partial charge in [-0.3, -0.25) is 14.2 Å². The number of thioether (sulfide) groups is 2. The lowest BCUT2D eigenvalue weighted by atomic mass is 10.2. The molecule has 2 aromatic heterocycles. The second-order valence-corrected chi connectivity index (χ2v) is 8.95. The second-order valence-electron chi connectivity index (χ2n) is 7.29. The van der Waals surface area contributed by atoms with E-state index in [-0.39, 0.29) is 18.0 Å². The summed E-state index contributed by atoms with van der Waals surface area (Å²) < 4.78 is 3.48. The van der Waals surface area contributed by atoms with Crippen molar-refractivity contribution in [1.29, 1.82) is 0 Å². The largest absolute Gasteiger partial charge is 0.330 e. The fourth-order valence-corrected chi connectivity index (χ4v) is 4.30. The third kappa shape index (κ3) is 4.70. The molecule has 0 aliphatic rings. The van der Waals surface area contributed by atoms with E-state index in [0.29, 0.717) is 28.7 Å². The lowest BCUT2D eigenvalue weighted by Crippen LogP contribution is -2.28. The fraction of sp³-hybridized carbons (Fsp3) is 0.381. The van der Waals surface area contributed by atoms with E-state index in [2.05, 4.69) is 24.1 Å². The Morgan fingerprint density at radius 3 is 2.59 bits per heavy atom. The molecule has 6 nitrogen and oxygen atoms in total. The van der Waals surface area contributed by atoms with Gasteiger partial charge in [0.2, 0.25) is 5.91 Å². The average molecular weight is 431 g/mol. The van der Waals surface area contributed by atoms with Crippen molar-refractivity contribution < 1.29 is 4.79 Å². The maximum absolute atomic E-state index is 13.3. The van der Waals surface area contributed by atoms with E-state index in [1.54, 1.807) is 20.9 Å². The lowest BCUT2D eigenvalue weighted by molar-refractivity contribution is -0.116. The number of nitrogens with one attached hydrogen (secondary N) is 1. The number of aryl methyl sites for hydroxylation is 1. The Morgan fingerprint density at radius 2 is 1.93 bits per heavy atom. The summed E-state index contributed by atoms with van der Waals surface area (Å²) in [5, 5.41) is 3.63. The van der Waals surface area contributed by atoms with Crippen LogP contribution in [0, 0.1) is 12.8 Å². The van der Waals surface area contributed by atoms with E-state index in [4.69, 9.17) is 0 Å².